The van der Waals surface area contributed by atoms with Crippen molar-refractivity contribution in [1.82, 2.24) is 14.8 Å². The number of anilines is 1. The first-order chi connectivity index (χ1) is 9.08. The van der Waals surface area contributed by atoms with Gasteiger partial charge >= 0.3 is 0 Å². The molecule has 0 amide bonds. The molecular weight excluding hydrogens is 244 g/mol. The lowest BCUT2D eigenvalue weighted by atomic mass is 9.98. The van der Waals surface area contributed by atoms with Gasteiger partial charge in [0.15, 0.2) is 5.78 Å². The molecule has 6 nitrogen and oxygen atoms in total. The molecule has 19 heavy (non-hydrogen) atoms. The van der Waals surface area contributed by atoms with Crippen molar-refractivity contribution in [2.24, 2.45) is 0 Å². The lowest BCUT2D eigenvalue weighted by Crippen LogP contribution is -2.27. The lowest BCUT2D eigenvalue weighted by molar-refractivity contribution is -0.114. The fraction of sp³-hybridized carbons (Fsp3) is 0.308. The van der Waals surface area contributed by atoms with Crippen LogP contribution in [0.3, 0.4) is 0 Å². The summed E-state index contributed by atoms with van der Waals surface area (Å²) >= 11 is 0. The van der Waals surface area contributed by atoms with Crippen LogP contribution in [0.1, 0.15) is 31.4 Å². The van der Waals surface area contributed by atoms with Crippen molar-refractivity contribution in [3.63, 3.8) is 0 Å². The van der Waals surface area contributed by atoms with Gasteiger partial charge in [-0.3, -0.25) is 4.79 Å². The molecule has 0 spiro atoms. The van der Waals surface area contributed by atoms with Gasteiger partial charge in [0.1, 0.15) is 23.9 Å². The Bertz CT molecular complexity index is 680. The first-order valence-corrected chi connectivity index (χ1v) is 6.02. The number of hydrogen-bond donors (Lipinski definition) is 1. The second-order valence-corrected chi connectivity index (χ2v) is 4.60. The van der Waals surface area contributed by atoms with Gasteiger partial charge in [-0.25, -0.2) is 4.68 Å². The van der Waals surface area contributed by atoms with Crippen LogP contribution in [-0.4, -0.2) is 20.5 Å². The van der Waals surface area contributed by atoms with Gasteiger partial charge in [-0.1, -0.05) is 0 Å². The number of ketones is 1. The summed E-state index contributed by atoms with van der Waals surface area (Å²) < 4.78 is 7.34. The number of carbonyl (C=O) groups is 1. The minimum Gasteiger partial charge on any atom is -0.464 e. The van der Waals surface area contributed by atoms with Crippen molar-refractivity contribution in [2.45, 2.75) is 26.8 Å². The van der Waals surface area contributed by atoms with E-state index in [0.717, 1.165) is 11.5 Å². The minimum absolute atomic E-state index is 0.00907. The number of hydrogen-bond acceptors (Lipinski definition) is 5. The zero-order chi connectivity index (χ0) is 13.6. The quantitative estimate of drug-likeness (QED) is 0.892. The molecular formula is C13H14N4O2. The first-order valence-electron chi connectivity index (χ1n) is 6.02. The summed E-state index contributed by atoms with van der Waals surface area (Å²) in [6.07, 6.45) is 1.46. The summed E-state index contributed by atoms with van der Waals surface area (Å²) in [7, 11) is 0. The third-order valence-corrected chi connectivity index (χ3v) is 3.20. The highest BCUT2D eigenvalue weighted by atomic mass is 16.3. The van der Waals surface area contributed by atoms with E-state index >= 15 is 0 Å². The monoisotopic (exact) mass is 258 g/mol. The number of aryl methyl sites for hydroxylation is 1. The Kier molecular flexibility index (Phi) is 2.51. The molecule has 1 N–H and O–H groups in total. The van der Waals surface area contributed by atoms with E-state index in [0.29, 0.717) is 17.3 Å². The van der Waals surface area contributed by atoms with Crippen molar-refractivity contribution in [1.29, 1.82) is 0 Å². The van der Waals surface area contributed by atoms with Crippen LogP contribution in [0.4, 0.5) is 5.95 Å². The van der Waals surface area contributed by atoms with E-state index in [1.165, 1.54) is 6.33 Å². The Morgan fingerprint density at radius 2 is 2.21 bits per heavy atom. The second kappa shape index (κ2) is 4.08. The smallest absolute Gasteiger partial charge is 0.226 e. The van der Waals surface area contributed by atoms with Gasteiger partial charge in [-0.15, -0.1) is 0 Å². The highest BCUT2D eigenvalue weighted by Crippen LogP contribution is 2.35. The minimum atomic E-state index is -0.357. The molecule has 2 aromatic heterocycles. The summed E-state index contributed by atoms with van der Waals surface area (Å²) in [6.45, 7) is 5.28. The molecule has 0 aromatic carbocycles. The molecule has 0 saturated carbocycles. The Hall–Kier alpha value is -2.37. The van der Waals surface area contributed by atoms with Crippen molar-refractivity contribution < 1.29 is 9.21 Å². The SMILES string of the molecule is CC(=O)C1=C(C)Nc2ncnn2[C@H]1c1ccc(C)o1. The Balaban J connectivity index is 2.20. The largest absolute Gasteiger partial charge is 0.464 e. The lowest BCUT2D eigenvalue weighted by Gasteiger charge is -2.26. The highest BCUT2D eigenvalue weighted by molar-refractivity contribution is 5.96. The fourth-order valence-corrected chi connectivity index (χ4v) is 2.41. The number of furan rings is 1. The molecule has 0 unspecified atom stereocenters. The standard InChI is InChI=1S/C13H14N4O2/c1-7-4-5-10(19-7)12-11(9(3)18)8(2)16-13-14-6-15-17(12)13/h4-6,12H,1-3H3,(H,14,15,16)/t12-/m0/s1. The van der Waals surface area contributed by atoms with Crippen LogP contribution in [0.5, 0.6) is 0 Å². The average Bonchev–Trinajstić information content (AvgIpc) is 2.95. The van der Waals surface area contributed by atoms with E-state index in [-0.39, 0.29) is 11.8 Å². The molecule has 0 fully saturated rings. The number of nitrogens with zero attached hydrogens (tertiary/aromatic N) is 3. The van der Waals surface area contributed by atoms with E-state index in [1.54, 1.807) is 11.6 Å². The number of Topliss-reactive ketones (excluding diaryl/α,β-unsaturated/α-hetero) is 1. The number of aromatic nitrogens is 3. The predicted molar refractivity (Wildman–Crippen MR) is 68.6 cm³/mol. The van der Waals surface area contributed by atoms with Crippen LogP contribution in [0, 0.1) is 6.92 Å². The zero-order valence-corrected chi connectivity index (χ0v) is 11.0. The van der Waals surface area contributed by atoms with Gasteiger partial charge in [0, 0.05) is 11.3 Å². The third kappa shape index (κ3) is 1.76. The average molecular weight is 258 g/mol. The Morgan fingerprint density at radius 1 is 1.42 bits per heavy atom. The molecule has 98 valence electrons. The molecule has 6 heteroatoms. The van der Waals surface area contributed by atoms with Gasteiger partial charge in [-0.05, 0) is 32.9 Å². The summed E-state index contributed by atoms with van der Waals surface area (Å²) in [6, 6.07) is 3.39. The van der Waals surface area contributed by atoms with Crippen LogP contribution >= 0.6 is 0 Å². The topological polar surface area (TPSA) is 73.0 Å². The Morgan fingerprint density at radius 3 is 2.84 bits per heavy atom. The van der Waals surface area contributed by atoms with Crippen molar-refractivity contribution in [2.75, 3.05) is 5.32 Å². The molecule has 3 heterocycles. The molecule has 0 saturated heterocycles. The molecule has 0 aliphatic carbocycles. The summed E-state index contributed by atoms with van der Waals surface area (Å²) in [5.74, 6) is 2.10. The van der Waals surface area contributed by atoms with E-state index in [2.05, 4.69) is 15.4 Å². The fourth-order valence-electron chi connectivity index (χ4n) is 2.41. The normalized spacial score (nSPS) is 18.2. The van der Waals surface area contributed by atoms with E-state index in [9.17, 15) is 4.79 Å². The van der Waals surface area contributed by atoms with Crippen molar-refractivity contribution in [3.05, 3.63) is 41.3 Å². The number of carbonyl (C=O) groups excluding carboxylic acids is 1. The number of allylic oxidation sites excluding steroid dienone is 2. The van der Waals surface area contributed by atoms with E-state index < -0.39 is 0 Å². The molecule has 1 aliphatic rings. The maximum Gasteiger partial charge on any atom is 0.226 e. The summed E-state index contributed by atoms with van der Waals surface area (Å²) in [5, 5.41) is 7.27. The molecule has 1 atom stereocenters. The van der Waals surface area contributed by atoms with Gasteiger partial charge in [0.05, 0.1) is 0 Å². The summed E-state index contributed by atoms with van der Waals surface area (Å²) in [4.78, 5) is 16.1. The number of fused-ring (bicyclic) bond motifs is 1. The van der Waals surface area contributed by atoms with E-state index in [4.69, 9.17) is 4.42 Å². The highest BCUT2D eigenvalue weighted by Gasteiger charge is 2.33. The Labute approximate surface area is 110 Å². The van der Waals surface area contributed by atoms with E-state index in [1.807, 2.05) is 26.0 Å². The molecule has 0 bridgehead atoms. The maximum atomic E-state index is 11.9. The van der Waals surface area contributed by atoms with Gasteiger partial charge in [-0.2, -0.15) is 10.1 Å². The molecule has 0 radical (unpaired) electrons. The van der Waals surface area contributed by atoms with Crippen molar-refractivity contribution >= 4 is 11.7 Å². The molecule has 3 rings (SSSR count). The second-order valence-electron chi connectivity index (χ2n) is 4.60. The van der Waals surface area contributed by atoms with Crippen LogP contribution in [0.15, 0.2) is 34.1 Å². The van der Waals surface area contributed by atoms with Gasteiger partial charge < -0.3 is 9.73 Å². The predicted octanol–water partition coefficient (Wildman–Crippen LogP) is 2.06. The first kappa shape index (κ1) is 11.7. The maximum absolute atomic E-state index is 11.9. The number of rotatable bonds is 2. The molecule has 1 aliphatic heterocycles. The van der Waals surface area contributed by atoms with Crippen LogP contribution in [-0.2, 0) is 4.79 Å². The third-order valence-electron chi connectivity index (χ3n) is 3.20. The van der Waals surface area contributed by atoms with Crippen LogP contribution < -0.4 is 5.32 Å². The van der Waals surface area contributed by atoms with Crippen LogP contribution in [0.2, 0.25) is 0 Å². The zero-order valence-electron chi connectivity index (χ0n) is 11.0. The molecule has 2 aromatic rings. The van der Waals surface area contributed by atoms with Crippen LogP contribution in [0.25, 0.3) is 0 Å². The summed E-state index contributed by atoms with van der Waals surface area (Å²) in [5.41, 5.74) is 1.43. The van der Waals surface area contributed by atoms with Gasteiger partial charge in [0.25, 0.3) is 0 Å². The van der Waals surface area contributed by atoms with Crippen molar-refractivity contribution in [3.8, 4) is 0 Å². The van der Waals surface area contributed by atoms with Gasteiger partial charge in [0.2, 0.25) is 5.95 Å². The number of nitrogens with one attached hydrogen (secondary N) is 1.